The molecule has 6 heteroatoms. The Hall–Kier alpha value is -1.42. The topological polar surface area (TPSA) is 64.4 Å². The summed E-state index contributed by atoms with van der Waals surface area (Å²) in [5.41, 5.74) is 1.21. The van der Waals surface area contributed by atoms with Gasteiger partial charge in [0.15, 0.2) is 0 Å². The first kappa shape index (κ1) is 16.0. The fraction of sp³-hybridized carbons (Fsp3) is 0.533. The van der Waals surface area contributed by atoms with Crippen molar-refractivity contribution in [3.8, 4) is 6.07 Å². The molecule has 21 heavy (non-hydrogen) atoms. The predicted molar refractivity (Wildman–Crippen MR) is 81.4 cm³/mol. The molecule has 114 valence electrons. The minimum absolute atomic E-state index is 0.0287. The molecule has 1 aromatic rings. The van der Waals surface area contributed by atoms with Gasteiger partial charge in [-0.3, -0.25) is 0 Å². The molecule has 1 unspecified atom stereocenters. The molecule has 0 N–H and O–H groups in total. The van der Waals surface area contributed by atoms with Crippen molar-refractivity contribution in [2.75, 3.05) is 27.2 Å². The van der Waals surface area contributed by atoms with Crippen LogP contribution in [0.3, 0.4) is 0 Å². The van der Waals surface area contributed by atoms with E-state index < -0.39 is 10.0 Å². The maximum atomic E-state index is 12.8. The second-order valence-electron chi connectivity index (χ2n) is 5.76. The summed E-state index contributed by atoms with van der Waals surface area (Å²) in [5, 5.41) is 8.95. The minimum atomic E-state index is -3.48. The van der Waals surface area contributed by atoms with Crippen LogP contribution in [-0.2, 0) is 10.0 Å². The van der Waals surface area contributed by atoms with Gasteiger partial charge < -0.3 is 4.90 Å². The van der Waals surface area contributed by atoms with Gasteiger partial charge in [-0.2, -0.15) is 9.57 Å². The highest BCUT2D eigenvalue weighted by Crippen LogP contribution is 2.27. The first-order valence-corrected chi connectivity index (χ1v) is 8.47. The zero-order chi connectivity index (χ0) is 15.6. The molecule has 1 aliphatic heterocycles. The van der Waals surface area contributed by atoms with Gasteiger partial charge in [0.05, 0.1) is 16.5 Å². The lowest BCUT2D eigenvalue weighted by Crippen LogP contribution is -2.41. The third kappa shape index (κ3) is 3.26. The quantitative estimate of drug-likeness (QED) is 0.847. The molecule has 1 fully saturated rings. The van der Waals surface area contributed by atoms with Crippen molar-refractivity contribution in [2.45, 2.75) is 30.7 Å². The Morgan fingerprint density at radius 1 is 1.43 bits per heavy atom. The Labute approximate surface area is 126 Å². The van der Waals surface area contributed by atoms with E-state index in [0.29, 0.717) is 17.7 Å². The number of likely N-dealkylation sites (N-methyl/N-ethyl adjacent to an activating group) is 1. The molecule has 1 aromatic carbocycles. The summed E-state index contributed by atoms with van der Waals surface area (Å²) in [6.07, 6.45) is 1.79. The van der Waals surface area contributed by atoms with Crippen molar-refractivity contribution in [1.29, 1.82) is 5.26 Å². The van der Waals surface area contributed by atoms with Crippen molar-refractivity contribution in [3.63, 3.8) is 0 Å². The summed E-state index contributed by atoms with van der Waals surface area (Å²) in [4.78, 5) is 2.30. The van der Waals surface area contributed by atoms with Gasteiger partial charge in [0.1, 0.15) is 0 Å². The number of hydrogen-bond donors (Lipinski definition) is 0. The van der Waals surface area contributed by atoms with Gasteiger partial charge in [-0.05, 0) is 57.6 Å². The van der Waals surface area contributed by atoms with Crippen LogP contribution in [-0.4, -0.2) is 50.8 Å². The molecule has 0 aromatic heterocycles. The van der Waals surface area contributed by atoms with Crippen molar-refractivity contribution < 1.29 is 8.42 Å². The average molecular weight is 307 g/mol. The minimum Gasteiger partial charge on any atom is -0.308 e. The van der Waals surface area contributed by atoms with E-state index >= 15 is 0 Å². The van der Waals surface area contributed by atoms with Gasteiger partial charge in [-0.1, -0.05) is 0 Å². The number of rotatable bonds is 4. The highest BCUT2D eigenvalue weighted by atomic mass is 32.2. The smallest absolute Gasteiger partial charge is 0.243 e. The van der Waals surface area contributed by atoms with Crippen molar-refractivity contribution in [1.82, 2.24) is 9.21 Å². The maximum absolute atomic E-state index is 12.8. The van der Waals surface area contributed by atoms with Crippen LogP contribution in [0.2, 0.25) is 0 Å². The van der Waals surface area contributed by atoms with Crippen LogP contribution >= 0.6 is 0 Å². The predicted octanol–water partition coefficient (Wildman–Crippen LogP) is 1.58. The zero-order valence-electron chi connectivity index (χ0n) is 12.7. The van der Waals surface area contributed by atoms with Crippen LogP contribution in [0.5, 0.6) is 0 Å². The summed E-state index contributed by atoms with van der Waals surface area (Å²) in [5.74, 6) is 0. The molecule has 2 rings (SSSR count). The van der Waals surface area contributed by atoms with Crippen molar-refractivity contribution in [2.24, 2.45) is 0 Å². The van der Waals surface area contributed by atoms with E-state index in [4.69, 9.17) is 5.26 Å². The number of nitrogens with zero attached hydrogens (tertiary/aromatic N) is 3. The standard InChI is InChI=1S/C15H21N3O2S/c1-12-9-15(7-6-13(12)10-16)21(19,20)18-8-4-5-14(18)11-17(2)3/h6-7,9,14H,4-5,8,11H2,1-3H3. The number of aryl methyl sites for hydroxylation is 1. The van der Waals surface area contributed by atoms with Gasteiger partial charge >= 0.3 is 0 Å². The normalized spacial score (nSPS) is 19.9. The first-order chi connectivity index (χ1) is 9.86. The fourth-order valence-electron chi connectivity index (χ4n) is 2.79. The van der Waals surface area contributed by atoms with Gasteiger partial charge in [0.2, 0.25) is 10.0 Å². The summed E-state index contributed by atoms with van der Waals surface area (Å²) >= 11 is 0. The molecule has 5 nitrogen and oxygen atoms in total. The lowest BCUT2D eigenvalue weighted by atomic mass is 10.1. The Kier molecular flexibility index (Phi) is 4.67. The van der Waals surface area contributed by atoms with Crippen LogP contribution in [0.1, 0.15) is 24.0 Å². The van der Waals surface area contributed by atoms with Crippen LogP contribution in [0, 0.1) is 18.3 Å². The molecular formula is C15H21N3O2S. The lowest BCUT2D eigenvalue weighted by molar-refractivity contribution is 0.291. The fourth-order valence-corrected chi connectivity index (χ4v) is 4.56. The number of nitriles is 1. The third-order valence-corrected chi connectivity index (χ3v) is 5.77. The monoisotopic (exact) mass is 307 g/mol. The summed E-state index contributed by atoms with van der Waals surface area (Å²) in [7, 11) is 0.423. The molecular weight excluding hydrogens is 286 g/mol. The van der Waals surface area contributed by atoms with Gasteiger partial charge in [0, 0.05) is 19.1 Å². The number of sulfonamides is 1. The Balaban J connectivity index is 2.33. The summed E-state index contributed by atoms with van der Waals surface area (Å²) < 4.78 is 27.2. The second-order valence-corrected chi connectivity index (χ2v) is 7.65. The van der Waals surface area contributed by atoms with Crippen LogP contribution in [0.25, 0.3) is 0 Å². The van der Waals surface area contributed by atoms with Crippen molar-refractivity contribution >= 4 is 10.0 Å². The molecule has 0 bridgehead atoms. The highest BCUT2D eigenvalue weighted by Gasteiger charge is 2.35. The molecule has 0 saturated carbocycles. The molecule has 0 amide bonds. The molecule has 1 saturated heterocycles. The molecule has 1 heterocycles. The Morgan fingerprint density at radius 2 is 2.14 bits per heavy atom. The second kappa shape index (κ2) is 6.14. The highest BCUT2D eigenvalue weighted by molar-refractivity contribution is 7.89. The van der Waals surface area contributed by atoms with Crippen molar-refractivity contribution in [3.05, 3.63) is 29.3 Å². The molecule has 0 aliphatic carbocycles. The summed E-state index contributed by atoms with van der Waals surface area (Å²) in [6.45, 7) is 3.06. The van der Waals surface area contributed by atoms with E-state index in [1.54, 1.807) is 23.4 Å². The van der Waals surface area contributed by atoms with Crippen LogP contribution < -0.4 is 0 Å². The average Bonchev–Trinajstić information content (AvgIpc) is 2.86. The van der Waals surface area contributed by atoms with E-state index in [1.165, 1.54) is 6.07 Å². The molecule has 1 atom stereocenters. The number of benzene rings is 1. The Morgan fingerprint density at radius 3 is 2.71 bits per heavy atom. The Bertz CT molecular complexity index is 662. The molecule has 0 spiro atoms. The third-order valence-electron chi connectivity index (χ3n) is 3.82. The van der Waals surface area contributed by atoms with E-state index in [-0.39, 0.29) is 10.9 Å². The van der Waals surface area contributed by atoms with Gasteiger partial charge in [-0.25, -0.2) is 8.42 Å². The SMILES string of the molecule is Cc1cc(S(=O)(=O)N2CCCC2CN(C)C)ccc1C#N. The lowest BCUT2D eigenvalue weighted by Gasteiger charge is -2.26. The van der Waals surface area contributed by atoms with E-state index in [9.17, 15) is 8.42 Å². The zero-order valence-corrected chi connectivity index (χ0v) is 13.5. The summed E-state index contributed by atoms with van der Waals surface area (Å²) in [6, 6.07) is 6.80. The van der Waals surface area contributed by atoms with E-state index in [1.807, 2.05) is 19.0 Å². The van der Waals surface area contributed by atoms with Crippen LogP contribution in [0.15, 0.2) is 23.1 Å². The maximum Gasteiger partial charge on any atom is 0.243 e. The van der Waals surface area contributed by atoms with E-state index in [2.05, 4.69) is 6.07 Å². The number of hydrogen-bond acceptors (Lipinski definition) is 4. The van der Waals surface area contributed by atoms with Gasteiger partial charge in [-0.15, -0.1) is 0 Å². The van der Waals surface area contributed by atoms with Gasteiger partial charge in [0.25, 0.3) is 0 Å². The van der Waals surface area contributed by atoms with Crippen LogP contribution in [0.4, 0.5) is 0 Å². The first-order valence-electron chi connectivity index (χ1n) is 7.03. The molecule has 1 aliphatic rings. The molecule has 0 radical (unpaired) electrons. The largest absolute Gasteiger partial charge is 0.308 e. The van der Waals surface area contributed by atoms with E-state index in [0.717, 1.165) is 19.4 Å².